The molecule has 0 fully saturated rings. The lowest BCUT2D eigenvalue weighted by Gasteiger charge is -2.07. The molecule has 0 saturated carbocycles. The van der Waals surface area contributed by atoms with Crippen LogP contribution in [-0.2, 0) is 16.1 Å². The highest BCUT2D eigenvalue weighted by atomic mass is 32.2. The molecule has 0 aliphatic heterocycles. The van der Waals surface area contributed by atoms with Crippen LogP contribution in [0.15, 0.2) is 16.6 Å². The third kappa shape index (κ3) is 4.76. The maximum atomic E-state index is 12.0. The van der Waals surface area contributed by atoms with E-state index < -0.39 is 5.97 Å². The first-order chi connectivity index (χ1) is 11.0. The number of tetrazole rings is 1. The number of carbonyl (C=O) groups excluding carboxylic acids is 2. The van der Waals surface area contributed by atoms with Crippen molar-refractivity contribution in [1.82, 2.24) is 20.2 Å². The Bertz CT molecular complexity index is 683. The molecule has 0 aromatic carbocycles. The topological polar surface area (TPSA) is 99.0 Å². The third-order valence-electron chi connectivity index (χ3n) is 2.68. The Morgan fingerprint density at radius 1 is 1.48 bits per heavy atom. The predicted molar refractivity (Wildman–Crippen MR) is 87.7 cm³/mol. The molecule has 0 spiro atoms. The lowest BCUT2D eigenvalue weighted by atomic mass is 10.2. The SMILES string of the molecule is COC(=O)c1sccc1NC(=O)CSc1nnnn1CC(C)C. The van der Waals surface area contributed by atoms with E-state index in [0.29, 0.717) is 28.2 Å². The summed E-state index contributed by atoms with van der Waals surface area (Å²) in [6.07, 6.45) is 0. The van der Waals surface area contributed by atoms with E-state index in [1.807, 2.05) is 0 Å². The summed E-state index contributed by atoms with van der Waals surface area (Å²) in [6.45, 7) is 4.81. The molecule has 2 aromatic heterocycles. The van der Waals surface area contributed by atoms with Crippen LogP contribution in [0.5, 0.6) is 0 Å². The van der Waals surface area contributed by atoms with Gasteiger partial charge >= 0.3 is 5.97 Å². The Kier molecular flexibility index (Phi) is 6.11. The van der Waals surface area contributed by atoms with Gasteiger partial charge in [-0.2, -0.15) is 0 Å². The summed E-state index contributed by atoms with van der Waals surface area (Å²) < 4.78 is 6.35. The average molecular weight is 355 g/mol. The van der Waals surface area contributed by atoms with Crippen molar-refractivity contribution in [2.45, 2.75) is 25.5 Å². The lowest BCUT2D eigenvalue weighted by molar-refractivity contribution is -0.113. The number of aromatic nitrogens is 4. The van der Waals surface area contributed by atoms with Crippen molar-refractivity contribution in [2.24, 2.45) is 5.92 Å². The minimum absolute atomic E-state index is 0.148. The van der Waals surface area contributed by atoms with Crippen LogP contribution in [-0.4, -0.2) is 44.9 Å². The van der Waals surface area contributed by atoms with Crippen LogP contribution in [0.3, 0.4) is 0 Å². The Labute approximate surface area is 141 Å². The number of thiophene rings is 1. The summed E-state index contributed by atoms with van der Waals surface area (Å²) in [4.78, 5) is 24.0. The van der Waals surface area contributed by atoms with E-state index in [4.69, 9.17) is 0 Å². The lowest BCUT2D eigenvalue weighted by Crippen LogP contribution is -2.16. The third-order valence-corrected chi connectivity index (χ3v) is 4.53. The minimum atomic E-state index is -0.469. The normalized spacial score (nSPS) is 10.8. The molecule has 0 atom stereocenters. The molecule has 8 nitrogen and oxygen atoms in total. The number of amides is 1. The standard InChI is InChI=1S/C13H17N5O3S2/c1-8(2)6-18-13(15-16-17-18)23-7-10(19)14-9-4-5-22-11(9)12(20)21-3/h4-5,8H,6-7H2,1-3H3,(H,14,19). The molecule has 0 bridgehead atoms. The van der Waals surface area contributed by atoms with Crippen molar-refractivity contribution in [3.63, 3.8) is 0 Å². The zero-order valence-corrected chi connectivity index (χ0v) is 14.6. The van der Waals surface area contributed by atoms with Crippen LogP contribution in [0.1, 0.15) is 23.5 Å². The number of ether oxygens (including phenoxy) is 1. The molecule has 2 rings (SSSR count). The number of thioether (sulfide) groups is 1. The summed E-state index contributed by atoms with van der Waals surface area (Å²) in [7, 11) is 1.30. The highest BCUT2D eigenvalue weighted by Crippen LogP contribution is 2.23. The van der Waals surface area contributed by atoms with Crippen molar-refractivity contribution in [2.75, 3.05) is 18.2 Å². The average Bonchev–Trinajstić information content (AvgIpc) is 3.13. The number of hydrogen-bond acceptors (Lipinski definition) is 8. The Morgan fingerprint density at radius 3 is 2.96 bits per heavy atom. The molecule has 23 heavy (non-hydrogen) atoms. The van der Waals surface area contributed by atoms with Gasteiger partial charge in [-0.3, -0.25) is 4.79 Å². The van der Waals surface area contributed by atoms with Crippen molar-refractivity contribution < 1.29 is 14.3 Å². The van der Waals surface area contributed by atoms with Crippen molar-refractivity contribution in [1.29, 1.82) is 0 Å². The van der Waals surface area contributed by atoms with Crippen LogP contribution in [0.25, 0.3) is 0 Å². The summed E-state index contributed by atoms with van der Waals surface area (Å²) in [5.74, 6) is -0.156. The molecule has 0 aliphatic rings. The van der Waals surface area contributed by atoms with Crippen LogP contribution < -0.4 is 5.32 Å². The van der Waals surface area contributed by atoms with Gasteiger partial charge in [0, 0.05) is 6.54 Å². The second-order valence-electron chi connectivity index (χ2n) is 5.03. The smallest absolute Gasteiger partial charge is 0.350 e. The highest BCUT2D eigenvalue weighted by molar-refractivity contribution is 7.99. The predicted octanol–water partition coefficient (Wildman–Crippen LogP) is 1.91. The van der Waals surface area contributed by atoms with E-state index in [2.05, 4.69) is 39.4 Å². The first kappa shape index (κ1) is 17.4. The second-order valence-corrected chi connectivity index (χ2v) is 6.89. The van der Waals surface area contributed by atoms with E-state index in [9.17, 15) is 9.59 Å². The molecule has 2 aromatic rings. The molecular weight excluding hydrogens is 338 g/mol. The van der Waals surface area contributed by atoms with Gasteiger partial charge in [0.05, 0.1) is 18.6 Å². The maximum Gasteiger partial charge on any atom is 0.350 e. The molecule has 10 heteroatoms. The van der Waals surface area contributed by atoms with E-state index in [-0.39, 0.29) is 11.7 Å². The van der Waals surface area contributed by atoms with Crippen LogP contribution in [0.2, 0.25) is 0 Å². The first-order valence-corrected chi connectivity index (χ1v) is 8.72. The number of hydrogen-bond donors (Lipinski definition) is 1. The zero-order chi connectivity index (χ0) is 16.8. The molecule has 1 N–H and O–H groups in total. The fourth-order valence-corrected chi connectivity index (χ4v) is 3.19. The second kappa shape index (κ2) is 8.06. The largest absolute Gasteiger partial charge is 0.465 e. The van der Waals surface area contributed by atoms with Gasteiger partial charge in [0.1, 0.15) is 4.88 Å². The molecule has 124 valence electrons. The fraction of sp³-hybridized carbons (Fsp3) is 0.462. The van der Waals surface area contributed by atoms with Gasteiger partial charge in [-0.15, -0.1) is 16.4 Å². The molecule has 0 saturated heterocycles. The van der Waals surface area contributed by atoms with Gasteiger partial charge in [0.2, 0.25) is 11.1 Å². The maximum absolute atomic E-state index is 12.0. The van der Waals surface area contributed by atoms with Crippen LogP contribution >= 0.6 is 23.1 Å². The molecule has 2 heterocycles. The molecular formula is C13H17N5O3S2. The Morgan fingerprint density at radius 2 is 2.26 bits per heavy atom. The Hall–Kier alpha value is -1.94. The van der Waals surface area contributed by atoms with Gasteiger partial charge in [0.15, 0.2) is 0 Å². The van der Waals surface area contributed by atoms with Gasteiger partial charge in [-0.05, 0) is 27.8 Å². The summed E-state index contributed by atoms with van der Waals surface area (Å²) >= 11 is 2.46. The van der Waals surface area contributed by atoms with Gasteiger partial charge in [0.25, 0.3) is 0 Å². The summed E-state index contributed by atoms with van der Waals surface area (Å²) in [5, 5.41) is 16.5. The molecule has 0 aliphatic carbocycles. The first-order valence-electron chi connectivity index (χ1n) is 6.86. The van der Waals surface area contributed by atoms with Crippen molar-refractivity contribution in [3.05, 3.63) is 16.3 Å². The number of nitrogens with one attached hydrogen (secondary N) is 1. The van der Waals surface area contributed by atoms with Crippen molar-refractivity contribution >= 4 is 40.7 Å². The van der Waals surface area contributed by atoms with E-state index in [1.165, 1.54) is 30.2 Å². The summed E-state index contributed by atoms with van der Waals surface area (Å²) in [5.41, 5.74) is 0.453. The van der Waals surface area contributed by atoms with E-state index >= 15 is 0 Å². The number of carbonyl (C=O) groups is 2. The number of rotatable bonds is 7. The molecule has 0 radical (unpaired) electrons. The summed E-state index contributed by atoms with van der Waals surface area (Å²) in [6, 6.07) is 1.67. The molecule has 1 amide bonds. The molecule has 0 unspecified atom stereocenters. The van der Waals surface area contributed by atoms with E-state index in [1.54, 1.807) is 16.1 Å². The van der Waals surface area contributed by atoms with Crippen LogP contribution in [0, 0.1) is 5.92 Å². The van der Waals surface area contributed by atoms with Gasteiger partial charge in [-0.25, -0.2) is 9.48 Å². The highest BCUT2D eigenvalue weighted by Gasteiger charge is 2.16. The number of anilines is 1. The monoisotopic (exact) mass is 355 g/mol. The van der Waals surface area contributed by atoms with Crippen molar-refractivity contribution in [3.8, 4) is 0 Å². The Balaban J connectivity index is 1.92. The van der Waals surface area contributed by atoms with Gasteiger partial charge < -0.3 is 10.1 Å². The number of esters is 1. The number of nitrogens with zero attached hydrogens (tertiary/aromatic N) is 4. The minimum Gasteiger partial charge on any atom is -0.465 e. The van der Waals surface area contributed by atoms with Gasteiger partial charge in [-0.1, -0.05) is 25.6 Å². The fourth-order valence-electron chi connectivity index (χ4n) is 1.74. The van der Waals surface area contributed by atoms with Crippen LogP contribution in [0.4, 0.5) is 5.69 Å². The quantitative estimate of drug-likeness (QED) is 0.598. The zero-order valence-electron chi connectivity index (χ0n) is 13.0. The van der Waals surface area contributed by atoms with E-state index in [0.717, 1.165) is 0 Å². The number of methoxy groups -OCH3 is 1.